The summed E-state index contributed by atoms with van der Waals surface area (Å²) in [6, 6.07) is 3.40. The van der Waals surface area contributed by atoms with Crippen molar-refractivity contribution in [1.82, 2.24) is 24.3 Å². The Morgan fingerprint density at radius 3 is 2.58 bits per heavy atom. The van der Waals surface area contributed by atoms with Crippen LogP contribution in [0.25, 0.3) is 22.2 Å². The van der Waals surface area contributed by atoms with E-state index in [2.05, 4.69) is 10.1 Å². The second kappa shape index (κ2) is 8.55. The zero-order valence-electron chi connectivity index (χ0n) is 19.8. The number of halogens is 3. The van der Waals surface area contributed by atoms with Crippen LogP contribution in [-0.4, -0.2) is 30.9 Å². The topological polar surface area (TPSA) is 74.8 Å². The van der Waals surface area contributed by atoms with Crippen molar-refractivity contribution in [3.8, 4) is 11.3 Å². The fraction of sp³-hybridized carbons (Fsp3) is 0.385. The van der Waals surface area contributed by atoms with Gasteiger partial charge in [-0.25, -0.2) is 18.2 Å². The lowest BCUT2D eigenvalue weighted by atomic mass is 9.89. The summed E-state index contributed by atoms with van der Waals surface area (Å²) < 4.78 is 52.1. The quantitative estimate of drug-likeness (QED) is 0.377. The van der Waals surface area contributed by atoms with E-state index in [1.807, 2.05) is 17.1 Å². The number of aromatic nitrogens is 5. The monoisotopic (exact) mass is 495 g/mol. The molecule has 1 aliphatic heterocycles. The van der Waals surface area contributed by atoms with Gasteiger partial charge in [0.2, 0.25) is 0 Å². The molecule has 1 aromatic carbocycles. The van der Waals surface area contributed by atoms with Gasteiger partial charge in [0.1, 0.15) is 22.9 Å². The molecule has 6 rings (SSSR count). The van der Waals surface area contributed by atoms with Crippen LogP contribution >= 0.6 is 0 Å². The molecule has 4 aromatic rings. The van der Waals surface area contributed by atoms with Gasteiger partial charge in [-0.1, -0.05) is 0 Å². The molecule has 0 N–H and O–H groups in total. The zero-order valence-corrected chi connectivity index (χ0v) is 19.8. The van der Waals surface area contributed by atoms with E-state index in [0.29, 0.717) is 43.1 Å². The van der Waals surface area contributed by atoms with Gasteiger partial charge in [-0.15, -0.1) is 0 Å². The van der Waals surface area contributed by atoms with Crippen molar-refractivity contribution in [3.63, 3.8) is 0 Å². The molecule has 1 aliphatic carbocycles. The maximum absolute atomic E-state index is 14.9. The molecule has 0 spiro atoms. The summed E-state index contributed by atoms with van der Waals surface area (Å²) in [4.78, 5) is 22.3. The molecular weight excluding hydrogens is 471 g/mol. The third kappa shape index (κ3) is 3.89. The van der Waals surface area contributed by atoms with Crippen LogP contribution in [0.4, 0.5) is 13.2 Å². The number of aryl methyl sites for hydroxylation is 1. The number of hydrogen-bond acceptors (Lipinski definition) is 5. The molecule has 7 nitrogen and oxygen atoms in total. The van der Waals surface area contributed by atoms with Crippen molar-refractivity contribution < 1.29 is 17.9 Å². The molecule has 1 saturated heterocycles. The largest absolute Gasteiger partial charge is 0.373 e. The van der Waals surface area contributed by atoms with Crippen LogP contribution in [0.2, 0.25) is 0 Å². The van der Waals surface area contributed by atoms with Crippen LogP contribution in [0.15, 0.2) is 35.4 Å². The van der Waals surface area contributed by atoms with Gasteiger partial charge in [0.25, 0.3) is 5.56 Å². The van der Waals surface area contributed by atoms with Crippen LogP contribution < -0.4 is 5.56 Å². The van der Waals surface area contributed by atoms with Crippen molar-refractivity contribution in [1.29, 1.82) is 0 Å². The van der Waals surface area contributed by atoms with Gasteiger partial charge in [-0.05, 0) is 44.7 Å². The third-order valence-corrected chi connectivity index (χ3v) is 7.19. The van der Waals surface area contributed by atoms with Gasteiger partial charge < -0.3 is 4.74 Å². The van der Waals surface area contributed by atoms with Crippen LogP contribution in [0.1, 0.15) is 60.8 Å². The van der Waals surface area contributed by atoms with Crippen LogP contribution in [0, 0.1) is 24.4 Å². The first-order valence-electron chi connectivity index (χ1n) is 12.0. The predicted octanol–water partition coefficient (Wildman–Crippen LogP) is 4.89. The Bertz CT molecular complexity index is 1560. The number of rotatable bonds is 4. The zero-order chi connectivity index (χ0) is 25.1. The Labute approximate surface area is 204 Å². The Balaban J connectivity index is 1.47. The molecule has 36 heavy (non-hydrogen) atoms. The van der Waals surface area contributed by atoms with Crippen molar-refractivity contribution in [2.45, 2.75) is 50.7 Å². The van der Waals surface area contributed by atoms with E-state index in [-0.39, 0.29) is 39.7 Å². The van der Waals surface area contributed by atoms with Crippen LogP contribution in [0.3, 0.4) is 0 Å². The highest BCUT2D eigenvalue weighted by atomic mass is 19.2. The second-order valence-corrected chi connectivity index (χ2v) is 9.63. The van der Waals surface area contributed by atoms with E-state index in [1.54, 1.807) is 20.0 Å². The average molecular weight is 496 g/mol. The van der Waals surface area contributed by atoms with Crippen molar-refractivity contribution in [2.24, 2.45) is 7.05 Å². The third-order valence-electron chi connectivity index (χ3n) is 7.19. The molecule has 2 aliphatic rings. The van der Waals surface area contributed by atoms with E-state index in [0.717, 1.165) is 24.5 Å². The molecule has 0 bridgehead atoms. The van der Waals surface area contributed by atoms with Gasteiger partial charge in [0.05, 0.1) is 23.7 Å². The molecule has 0 radical (unpaired) electrons. The molecule has 1 saturated carbocycles. The lowest BCUT2D eigenvalue weighted by Gasteiger charge is -2.29. The maximum Gasteiger partial charge on any atom is 0.261 e. The molecular formula is C26H24F3N5O2. The number of hydrogen-bond donors (Lipinski definition) is 0. The molecule has 0 unspecified atom stereocenters. The van der Waals surface area contributed by atoms with Crippen LogP contribution in [0.5, 0.6) is 0 Å². The van der Waals surface area contributed by atoms with E-state index >= 15 is 0 Å². The Morgan fingerprint density at radius 2 is 1.81 bits per heavy atom. The summed E-state index contributed by atoms with van der Waals surface area (Å²) >= 11 is 0. The van der Waals surface area contributed by atoms with E-state index < -0.39 is 17.5 Å². The number of nitrogens with zero attached hydrogens (tertiary/aromatic N) is 5. The van der Waals surface area contributed by atoms with Crippen molar-refractivity contribution in [3.05, 3.63) is 75.5 Å². The van der Waals surface area contributed by atoms with Gasteiger partial charge in [-0.2, -0.15) is 5.10 Å². The smallest absolute Gasteiger partial charge is 0.261 e. The second-order valence-electron chi connectivity index (χ2n) is 9.63. The molecule has 2 atom stereocenters. The fourth-order valence-corrected chi connectivity index (χ4v) is 4.86. The summed E-state index contributed by atoms with van der Waals surface area (Å²) in [5.74, 6) is -3.18. The first-order valence-corrected chi connectivity index (χ1v) is 12.0. The molecule has 186 valence electrons. The van der Waals surface area contributed by atoms with Gasteiger partial charge in [0, 0.05) is 48.7 Å². The standard InChI is InChI=1S/C26H24F3N5O2/c1-13-31-25-18(26(35)33(13)2)9-22(32-24(25)17-8-20(28)21(29)10-19(17)27)14-5-6-36-23(7-14)15-11-30-34(12-15)16-3-4-16/h8-12,14,16,23H,3-7H2,1-2H3/t14-,23+/m1/s1. The number of fused-ring (bicyclic) bond motifs is 1. The van der Waals surface area contributed by atoms with Gasteiger partial charge in [-0.3, -0.25) is 19.0 Å². The van der Waals surface area contributed by atoms with Gasteiger partial charge >= 0.3 is 0 Å². The summed E-state index contributed by atoms with van der Waals surface area (Å²) in [6.07, 6.45) is 7.13. The summed E-state index contributed by atoms with van der Waals surface area (Å²) in [5, 5.41) is 4.71. The number of benzene rings is 1. The SMILES string of the molecule is Cc1nc2c(-c3cc(F)c(F)cc3F)nc([C@@H]3CCO[C@H](c4cnn(C5CC5)c4)C3)cc2c(=O)n1C. The maximum atomic E-state index is 14.9. The predicted molar refractivity (Wildman–Crippen MR) is 126 cm³/mol. The first-order chi connectivity index (χ1) is 17.3. The number of ether oxygens (including phenoxy) is 1. The van der Waals surface area contributed by atoms with E-state index in [9.17, 15) is 18.0 Å². The molecule has 2 fully saturated rings. The Kier molecular flexibility index (Phi) is 5.44. The van der Waals surface area contributed by atoms with Gasteiger partial charge in [0.15, 0.2) is 11.6 Å². The van der Waals surface area contributed by atoms with Crippen molar-refractivity contribution >= 4 is 10.9 Å². The minimum Gasteiger partial charge on any atom is -0.373 e. The minimum absolute atomic E-state index is 0.0179. The molecule has 10 heteroatoms. The molecule has 4 heterocycles. The Morgan fingerprint density at radius 1 is 1.03 bits per heavy atom. The highest BCUT2D eigenvalue weighted by molar-refractivity contribution is 5.91. The normalized spacial score (nSPS) is 20.2. The lowest BCUT2D eigenvalue weighted by Crippen LogP contribution is -2.23. The minimum atomic E-state index is -1.30. The highest BCUT2D eigenvalue weighted by Gasteiger charge is 2.31. The summed E-state index contributed by atoms with van der Waals surface area (Å²) in [5.41, 5.74) is 1.15. The average Bonchev–Trinajstić information content (AvgIpc) is 3.61. The lowest BCUT2D eigenvalue weighted by molar-refractivity contribution is 0.00463. The first kappa shape index (κ1) is 22.9. The van der Waals surface area contributed by atoms with E-state index in [1.165, 1.54) is 4.57 Å². The molecule has 3 aromatic heterocycles. The van der Waals surface area contributed by atoms with E-state index in [4.69, 9.17) is 9.72 Å². The summed E-state index contributed by atoms with van der Waals surface area (Å²) in [6.45, 7) is 2.12. The fourth-order valence-electron chi connectivity index (χ4n) is 4.86. The van der Waals surface area contributed by atoms with Crippen molar-refractivity contribution in [2.75, 3.05) is 6.61 Å². The molecule has 0 amide bonds. The number of pyridine rings is 1. The Hall–Kier alpha value is -3.53. The summed E-state index contributed by atoms with van der Waals surface area (Å²) in [7, 11) is 1.60. The van der Waals surface area contributed by atoms with Crippen LogP contribution in [-0.2, 0) is 11.8 Å². The highest BCUT2D eigenvalue weighted by Crippen LogP contribution is 2.40.